The molecule has 0 amide bonds. The van der Waals surface area contributed by atoms with Crippen molar-refractivity contribution in [1.29, 1.82) is 0 Å². The Hall–Kier alpha value is -1.04. The molecule has 98 valence electrons. The number of anilines is 1. The molecule has 1 aliphatic rings. The lowest BCUT2D eigenvalue weighted by Gasteiger charge is -2.31. The molecule has 0 atom stereocenters. The van der Waals surface area contributed by atoms with Crippen LogP contribution in [0.3, 0.4) is 0 Å². The third-order valence-corrected chi connectivity index (χ3v) is 3.42. The van der Waals surface area contributed by atoms with Crippen LogP contribution in [-0.2, 0) is 11.0 Å². The van der Waals surface area contributed by atoms with E-state index in [4.69, 9.17) is 10.4 Å². The molecule has 1 aliphatic heterocycles. The molecule has 0 unspecified atom stereocenters. The summed E-state index contributed by atoms with van der Waals surface area (Å²) < 4.78 is 5.14. The van der Waals surface area contributed by atoms with Gasteiger partial charge in [-0.2, -0.15) is 0 Å². The summed E-state index contributed by atoms with van der Waals surface area (Å²) in [6.45, 7) is 2.17. The van der Waals surface area contributed by atoms with Gasteiger partial charge in [0.1, 0.15) is 0 Å². The van der Waals surface area contributed by atoms with Crippen LogP contribution in [0.5, 0.6) is 0 Å². The molecule has 0 saturated carbocycles. The molecule has 1 fully saturated rings. The van der Waals surface area contributed by atoms with E-state index in [1.165, 1.54) is 11.3 Å². The van der Waals surface area contributed by atoms with Crippen molar-refractivity contribution in [3.05, 3.63) is 29.8 Å². The molecule has 1 heterocycles. The van der Waals surface area contributed by atoms with Crippen LogP contribution in [0.4, 0.5) is 5.69 Å². The lowest BCUT2D eigenvalue weighted by atomic mass is 9.89. The maximum atomic E-state index is 9.49. The van der Waals surface area contributed by atoms with E-state index in [-0.39, 0.29) is 12.8 Å². The van der Waals surface area contributed by atoms with E-state index < -0.39 is 0 Å². The van der Waals surface area contributed by atoms with Crippen molar-refractivity contribution in [3.63, 3.8) is 0 Å². The van der Waals surface area contributed by atoms with Gasteiger partial charge in [0.2, 0.25) is 0 Å². The molecule has 0 spiro atoms. The molecule has 0 aromatic heterocycles. The predicted molar refractivity (Wildman–Crippen MR) is 74.9 cm³/mol. The normalized spacial score (nSPS) is 16.9. The quantitative estimate of drug-likeness (QED) is 0.451. The van der Waals surface area contributed by atoms with Gasteiger partial charge >= 0.3 is 0 Å². The molecule has 0 bridgehead atoms. The summed E-state index contributed by atoms with van der Waals surface area (Å²) in [6, 6.07) is 8.57. The Labute approximate surface area is 109 Å². The van der Waals surface area contributed by atoms with Crippen LogP contribution in [0.25, 0.3) is 0 Å². The second kappa shape index (κ2) is 6.78. The summed E-state index contributed by atoms with van der Waals surface area (Å²) in [5, 5.41) is 9.49. The van der Waals surface area contributed by atoms with Gasteiger partial charge in [0, 0.05) is 18.8 Å². The van der Waals surface area contributed by atoms with Gasteiger partial charge in [0.05, 0.1) is 12.8 Å². The highest BCUT2D eigenvalue weighted by Crippen LogP contribution is 2.20. The minimum absolute atomic E-state index is 0.117. The van der Waals surface area contributed by atoms with Gasteiger partial charge in [0.25, 0.3) is 7.48 Å². The Morgan fingerprint density at radius 3 is 2.56 bits per heavy atom. The van der Waals surface area contributed by atoms with Gasteiger partial charge in [-0.15, -0.1) is 0 Å². The SMILES string of the molecule is NCOBCc1ccc(N2CCC(O)CC2)cc1. The van der Waals surface area contributed by atoms with Crippen LogP contribution in [0.15, 0.2) is 24.3 Å². The molecule has 0 aliphatic carbocycles. The molecule has 0 radical (unpaired) electrons. The van der Waals surface area contributed by atoms with Crippen molar-refractivity contribution in [3.8, 4) is 0 Å². The van der Waals surface area contributed by atoms with Crippen molar-refractivity contribution < 1.29 is 9.76 Å². The summed E-state index contributed by atoms with van der Waals surface area (Å²) in [5.41, 5.74) is 7.79. The predicted octanol–water partition coefficient (Wildman–Crippen LogP) is 0.432. The van der Waals surface area contributed by atoms with E-state index in [9.17, 15) is 5.11 Å². The summed E-state index contributed by atoms with van der Waals surface area (Å²) >= 11 is 0. The number of hydrogen-bond donors (Lipinski definition) is 2. The largest absolute Gasteiger partial charge is 0.427 e. The van der Waals surface area contributed by atoms with E-state index >= 15 is 0 Å². The van der Waals surface area contributed by atoms with Crippen molar-refractivity contribution in [1.82, 2.24) is 0 Å². The Morgan fingerprint density at radius 1 is 1.28 bits per heavy atom. The van der Waals surface area contributed by atoms with Gasteiger partial charge in [-0.3, -0.25) is 0 Å². The standard InChI is InChI=1S/C13H21BN2O2/c15-10-18-14-9-11-1-3-12(4-2-11)16-7-5-13(17)6-8-16/h1-4,13-14,17H,5-10,15H2. The van der Waals surface area contributed by atoms with Crippen LogP contribution >= 0.6 is 0 Å². The first kappa shape index (κ1) is 13.4. The topological polar surface area (TPSA) is 58.7 Å². The first-order valence-corrected chi connectivity index (χ1v) is 6.59. The van der Waals surface area contributed by atoms with Crippen LogP contribution in [0.1, 0.15) is 18.4 Å². The van der Waals surface area contributed by atoms with Crippen LogP contribution < -0.4 is 10.6 Å². The molecular weight excluding hydrogens is 227 g/mol. The monoisotopic (exact) mass is 248 g/mol. The first-order chi connectivity index (χ1) is 8.79. The van der Waals surface area contributed by atoms with Crippen LogP contribution in [0.2, 0.25) is 0 Å². The molecular formula is C13H21BN2O2. The Morgan fingerprint density at radius 2 is 1.94 bits per heavy atom. The van der Waals surface area contributed by atoms with Crippen LogP contribution in [-0.4, -0.2) is 38.5 Å². The molecule has 5 heteroatoms. The summed E-state index contributed by atoms with van der Waals surface area (Å²) in [5.74, 6) is 0. The summed E-state index contributed by atoms with van der Waals surface area (Å²) in [7, 11) is 0.672. The Balaban J connectivity index is 1.87. The van der Waals surface area contributed by atoms with Crippen molar-refractivity contribution >= 4 is 13.2 Å². The third-order valence-electron chi connectivity index (χ3n) is 3.42. The number of nitrogens with zero attached hydrogens (tertiary/aromatic N) is 1. The van der Waals surface area contributed by atoms with Gasteiger partial charge < -0.3 is 20.4 Å². The third kappa shape index (κ3) is 3.73. The maximum Gasteiger partial charge on any atom is 0.281 e. The number of piperidine rings is 1. The fourth-order valence-electron chi connectivity index (χ4n) is 2.27. The van der Waals surface area contributed by atoms with E-state index in [2.05, 4.69) is 29.2 Å². The Kier molecular flexibility index (Phi) is 5.05. The number of hydrogen-bond acceptors (Lipinski definition) is 4. The fraction of sp³-hybridized carbons (Fsp3) is 0.538. The highest BCUT2D eigenvalue weighted by atomic mass is 16.4. The van der Waals surface area contributed by atoms with E-state index in [0.717, 1.165) is 32.3 Å². The zero-order valence-corrected chi connectivity index (χ0v) is 10.7. The molecule has 1 aromatic rings. The molecule has 18 heavy (non-hydrogen) atoms. The van der Waals surface area contributed by atoms with Crippen molar-refractivity contribution in [2.75, 3.05) is 24.7 Å². The van der Waals surface area contributed by atoms with Gasteiger partial charge in [-0.1, -0.05) is 17.7 Å². The lowest BCUT2D eigenvalue weighted by molar-refractivity contribution is 0.145. The number of nitrogens with two attached hydrogens (primary N) is 1. The minimum Gasteiger partial charge on any atom is -0.427 e. The average Bonchev–Trinajstić information content (AvgIpc) is 2.41. The van der Waals surface area contributed by atoms with Crippen LogP contribution in [0, 0.1) is 0 Å². The lowest BCUT2D eigenvalue weighted by Crippen LogP contribution is -2.35. The number of aliphatic hydroxyl groups is 1. The number of aliphatic hydroxyl groups excluding tert-OH is 1. The van der Waals surface area contributed by atoms with E-state index in [0.29, 0.717) is 7.48 Å². The second-order valence-corrected chi connectivity index (χ2v) is 4.71. The Bertz CT molecular complexity index is 351. The molecule has 4 nitrogen and oxygen atoms in total. The van der Waals surface area contributed by atoms with Gasteiger partial charge in [-0.25, -0.2) is 0 Å². The van der Waals surface area contributed by atoms with Crippen molar-refractivity contribution in [2.45, 2.75) is 25.3 Å². The zero-order valence-electron chi connectivity index (χ0n) is 10.7. The number of benzene rings is 1. The maximum absolute atomic E-state index is 9.49. The van der Waals surface area contributed by atoms with E-state index in [1.807, 2.05) is 0 Å². The van der Waals surface area contributed by atoms with E-state index in [1.54, 1.807) is 0 Å². The van der Waals surface area contributed by atoms with Gasteiger partial charge in [0.15, 0.2) is 0 Å². The molecule has 1 aromatic carbocycles. The minimum atomic E-state index is -0.117. The molecule has 3 N–H and O–H groups in total. The fourth-order valence-corrected chi connectivity index (χ4v) is 2.27. The first-order valence-electron chi connectivity index (χ1n) is 6.59. The smallest absolute Gasteiger partial charge is 0.281 e. The van der Waals surface area contributed by atoms with Gasteiger partial charge in [-0.05, 0) is 31.3 Å². The summed E-state index contributed by atoms with van der Waals surface area (Å²) in [6.07, 6.45) is 2.52. The zero-order chi connectivity index (χ0) is 12.8. The molecule has 2 rings (SSSR count). The second-order valence-electron chi connectivity index (χ2n) is 4.71. The highest BCUT2D eigenvalue weighted by Gasteiger charge is 2.16. The average molecular weight is 248 g/mol. The summed E-state index contributed by atoms with van der Waals surface area (Å²) in [4.78, 5) is 2.33. The highest BCUT2D eigenvalue weighted by molar-refractivity contribution is 6.26. The number of rotatable bonds is 5. The molecule has 1 saturated heterocycles. The van der Waals surface area contributed by atoms with Crippen molar-refractivity contribution in [2.24, 2.45) is 5.73 Å².